The molecule has 1 aliphatic rings. The van der Waals surface area contributed by atoms with Crippen LogP contribution in [0.5, 0.6) is 11.5 Å². The monoisotopic (exact) mass is 429 g/mol. The standard InChI is InChI=1S/C22H20FNO5S/c1-4-29-22(26)19-20(25)18(11-13-10-16(27-2)8-9-17(13)28-3)30-21(19)24-15-7-5-6-14(23)12-15/h5-12,25H,4H2,1-3H3. The first-order valence-corrected chi connectivity index (χ1v) is 9.85. The molecule has 0 bridgehead atoms. The second-order valence-corrected chi connectivity index (χ2v) is 7.09. The Morgan fingerprint density at radius 3 is 2.67 bits per heavy atom. The molecule has 1 heterocycles. The summed E-state index contributed by atoms with van der Waals surface area (Å²) in [6.45, 7) is 1.80. The number of hydrogen-bond donors (Lipinski definition) is 1. The number of thioether (sulfide) groups is 1. The van der Waals surface area contributed by atoms with Crippen LogP contribution in [0.15, 0.2) is 63.7 Å². The zero-order valence-corrected chi connectivity index (χ0v) is 17.5. The number of methoxy groups -OCH3 is 2. The van der Waals surface area contributed by atoms with Crippen LogP contribution >= 0.6 is 11.8 Å². The second-order valence-electron chi connectivity index (χ2n) is 6.06. The largest absolute Gasteiger partial charge is 0.506 e. The molecular formula is C22H20FNO5S. The van der Waals surface area contributed by atoms with Gasteiger partial charge in [0.15, 0.2) is 0 Å². The van der Waals surface area contributed by atoms with Gasteiger partial charge in [-0.15, -0.1) is 0 Å². The van der Waals surface area contributed by atoms with E-state index in [1.165, 1.54) is 25.3 Å². The highest BCUT2D eigenvalue weighted by molar-refractivity contribution is 8.18. The Balaban J connectivity index is 2.09. The lowest BCUT2D eigenvalue weighted by Gasteiger charge is -2.08. The Kier molecular flexibility index (Phi) is 6.79. The summed E-state index contributed by atoms with van der Waals surface area (Å²) >= 11 is 1.08. The van der Waals surface area contributed by atoms with Gasteiger partial charge in [0.2, 0.25) is 0 Å². The van der Waals surface area contributed by atoms with E-state index in [2.05, 4.69) is 4.99 Å². The van der Waals surface area contributed by atoms with Crippen molar-refractivity contribution in [2.24, 2.45) is 4.99 Å². The first-order chi connectivity index (χ1) is 14.5. The van der Waals surface area contributed by atoms with E-state index in [4.69, 9.17) is 14.2 Å². The van der Waals surface area contributed by atoms with Crippen molar-refractivity contribution in [3.8, 4) is 11.5 Å². The molecule has 0 saturated carbocycles. The molecule has 6 nitrogen and oxygen atoms in total. The van der Waals surface area contributed by atoms with E-state index < -0.39 is 11.8 Å². The van der Waals surface area contributed by atoms with E-state index >= 15 is 0 Å². The number of benzene rings is 2. The second kappa shape index (κ2) is 9.49. The highest BCUT2D eigenvalue weighted by Gasteiger charge is 2.33. The van der Waals surface area contributed by atoms with Crippen molar-refractivity contribution in [2.45, 2.75) is 6.92 Å². The van der Waals surface area contributed by atoms with Crippen LogP contribution in [0.4, 0.5) is 10.1 Å². The van der Waals surface area contributed by atoms with E-state index in [0.29, 0.717) is 27.7 Å². The predicted octanol–water partition coefficient (Wildman–Crippen LogP) is 5.04. The number of aliphatic hydroxyl groups is 1. The van der Waals surface area contributed by atoms with Crippen LogP contribution in [0.1, 0.15) is 12.5 Å². The Morgan fingerprint density at radius 2 is 2.00 bits per heavy atom. The fourth-order valence-corrected chi connectivity index (χ4v) is 3.77. The number of carbonyl (C=O) groups excluding carboxylic acids is 1. The molecule has 0 radical (unpaired) electrons. The molecule has 1 N–H and O–H groups in total. The number of hydrogen-bond acceptors (Lipinski definition) is 7. The number of rotatable bonds is 6. The minimum Gasteiger partial charge on any atom is -0.506 e. The van der Waals surface area contributed by atoms with Gasteiger partial charge in [0.1, 0.15) is 33.7 Å². The van der Waals surface area contributed by atoms with E-state index in [0.717, 1.165) is 11.8 Å². The normalized spacial score (nSPS) is 16.3. The van der Waals surface area contributed by atoms with Crippen LogP contribution in [0, 0.1) is 5.82 Å². The fourth-order valence-electron chi connectivity index (χ4n) is 2.75. The molecule has 0 saturated heterocycles. The van der Waals surface area contributed by atoms with Gasteiger partial charge in [0.25, 0.3) is 0 Å². The predicted molar refractivity (Wildman–Crippen MR) is 115 cm³/mol. The third-order valence-corrected chi connectivity index (χ3v) is 5.15. The maximum Gasteiger partial charge on any atom is 0.344 e. The first kappa shape index (κ1) is 21.4. The molecule has 0 aromatic heterocycles. The maximum atomic E-state index is 13.5. The van der Waals surface area contributed by atoms with E-state index in [9.17, 15) is 14.3 Å². The summed E-state index contributed by atoms with van der Waals surface area (Å²) in [5.41, 5.74) is 0.882. The number of aliphatic imine (C=N–C) groups is 1. The SMILES string of the molecule is CCOC(=O)C1=C(O)C(=Cc2cc(OC)ccc2OC)SC1=Nc1cccc(F)c1. The summed E-state index contributed by atoms with van der Waals surface area (Å²) in [5, 5.41) is 11.0. The topological polar surface area (TPSA) is 77.4 Å². The molecular weight excluding hydrogens is 409 g/mol. The van der Waals surface area contributed by atoms with Crippen molar-refractivity contribution < 1.29 is 28.5 Å². The van der Waals surface area contributed by atoms with Crippen molar-refractivity contribution in [3.63, 3.8) is 0 Å². The van der Waals surface area contributed by atoms with Crippen molar-refractivity contribution in [3.05, 3.63) is 70.1 Å². The Hall–Kier alpha value is -3.26. The minimum atomic E-state index is -0.710. The third kappa shape index (κ3) is 4.65. The summed E-state index contributed by atoms with van der Waals surface area (Å²) in [4.78, 5) is 17.2. The molecule has 0 aliphatic carbocycles. The molecule has 30 heavy (non-hydrogen) atoms. The summed E-state index contributed by atoms with van der Waals surface area (Å²) in [5.74, 6) is -0.266. The maximum absolute atomic E-state index is 13.5. The molecule has 0 spiro atoms. The van der Waals surface area contributed by atoms with E-state index in [1.807, 2.05) is 0 Å². The Labute approximate surface area is 177 Å². The number of nitrogens with zero attached hydrogens (tertiary/aromatic N) is 1. The highest BCUT2D eigenvalue weighted by atomic mass is 32.2. The quantitative estimate of drug-likeness (QED) is 0.649. The van der Waals surface area contributed by atoms with Crippen molar-refractivity contribution in [2.75, 3.05) is 20.8 Å². The molecule has 0 unspecified atom stereocenters. The summed E-state index contributed by atoms with van der Waals surface area (Å²) in [7, 11) is 3.07. The number of esters is 1. The van der Waals surface area contributed by atoms with Gasteiger partial charge >= 0.3 is 5.97 Å². The smallest absolute Gasteiger partial charge is 0.344 e. The molecule has 1 aliphatic heterocycles. The Bertz CT molecular complexity index is 1060. The van der Waals surface area contributed by atoms with Gasteiger partial charge in [0, 0.05) is 5.56 Å². The van der Waals surface area contributed by atoms with E-state index in [-0.39, 0.29) is 23.0 Å². The summed E-state index contributed by atoms with van der Waals surface area (Å²) in [6, 6.07) is 10.9. The average molecular weight is 429 g/mol. The number of carbonyl (C=O) groups is 1. The van der Waals surface area contributed by atoms with Crippen molar-refractivity contribution >= 4 is 34.5 Å². The van der Waals surface area contributed by atoms with Crippen LogP contribution < -0.4 is 9.47 Å². The van der Waals surface area contributed by atoms with Gasteiger partial charge in [-0.1, -0.05) is 17.8 Å². The van der Waals surface area contributed by atoms with Crippen LogP contribution in [-0.2, 0) is 9.53 Å². The highest BCUT2D eigenvalue weighted by Crippen LogP contribution is 2.41. The molecule has 2 aromatic carbocycles. The van der Waals surface area contributed by atoms with Crippen LogP contribution in [-0.4, -0.2) is 36.9 Å². The lowest BCUT2D eigenvalue weighted by molar-refractivity contribution is -0.138. The van der Waals surface area contributed by atoms with Gasteiger partial charge in [-0.25, -0.2) is 14.2 Å². The molecule has 0 atom stereocenters. The third-order valence-electron chi connectivity index (χ3n) is 4.13. The number of halogens is 1. The molecule has 3 rings (SSSR count). The lowest BCUT2D eigenvalue weighted by atomic mass is 10.1. The van der Waals surface area contributed by atoms with Crippen LogP contribution in [0.2, 0.25) is 0 Å². The van der Waals surface area contributed by atoms with E-state index in [1.54, 1.807) is 44.4 Å². The molecule has 2 aromatic rings. The molecule has 8 heteroatoms. The summed E-state index contributed by atoms with van der Waals surface area (Å²) < 4.78 is 29.2. The van der Waals surface area contributed by atoms with Crippen LogP contribution in [0.3, 0.4) is 0 Å². The van der Waals surface area contributed by atoms with Gasteiger partial charge in [-0.05, 0) is 49.4 Å². The van der Waals surface area contributed by atoms with Crippen LogP contribution in [0.25, 0.3) is 6.08 Å². The van der Waals surface area contributed by atoms with Crippen molar-refractivity contribution in [1.82, 2.24) is 0 Å². The molecule has 0 amide bonds. The van der Waals surface area contributed by atoms with Gasteiger partial charge < -0.3 is 19.3 Å². The zero-order chi connectivity index (χ0) is 21.7. The number of aliphatic hydroxyl groups excluding tert-OH is 1. The molecule has 0 fully saturated rings. The Morgan fingerprint density at radius 1 is 1.20 bits per heavy atom. The lowest BCUT2D eigenvalue weighted by Crippen LogP contribution is -2.12. The first-order valence-electron chi connectivity index (χ1n) is 9.03. The average Bonchev–Trinajstić information content (AvgIpc) is 3.02. The minimum absolute atomic E-state index is 0.0702. The van der Waals surface area contributed by atoms with Gasteiger partial charge in [-0.2, -0.15) is 0 Å². The fraction of sp³-hybridized carbons (Fsp3) is 0.182. The van der Waals surface area contributed by atoms with Gasteiger partial charge in [0.05, 0.1) is 31.4 Å². The zero-order valence-electron chi connectivity index (χ0n) is 16.6. The van der Waals surface area contributed by atoms with Crippen molar-refractivity contribution in [1.29, 1.82) is 0 Å². The summed E-state index contributed by atoms with van der Waals surface area (Å²) in [6.07, 6.45) is 1.66. The number of ether oxygens (including phenoxy) is 3. The molecule has 156 valence electrons. The van der Waals surface area contributed by atoms with Gasteiger partial charge in [-0.3, -0.25) is 0 Å².